The standard InChI is InChI=1S/C19H35BrO3/c1-3-5-6-7-8-10-13-16-22-18(4-2)19(21)23-17-14-11-9-12-15-20/h10,13,18H,3-9,11-12,14-17H2,1-2H3/b13-10+. The third-order valence-electron chi connectivity index (χ3n) is 3.69. The lowest BCUT2D eigenvalue weighted by Crippen LogP contribution is -2.26. The minimum Gasteiger partial charge on any atom is -0.464 e. The zero-order valence-electron chi connectivity index (χ0n) is 15.0. The van der Waals surface area contributed by atoms with Gasteiger partial charge in [-0.15, -0.1) is 0 Å². The molecule has 0 amide bonds. The van der Waals surface area contributed by atoms with Crippen LogP contribution in [-0.2, 0) is 14.3 Å². The minimum absolute atomic E-state index is 0.218. The largest absolute Gasteiger partial charge is 0.464 e. The van der Waals surface area contributed by atoms with Crippen LogP contribution < -0.4 is 0 Å². The van der Waals surface area contributed by atoms with Crippen molar-refractivity contribution in [1.29, 1.82) is 0 Å². The number of ether oxygens (including phenoxy) is 2. The molecule has 0 radical (unpaired) electrons. The lowest BCUT2D eigenvalue weighted by atomic mass is 10.1. The number of rotatable bonds is 16. The van der Waals surface area contributed by atoms with Crippen molar-refractivity contribution in [1.82, 2.24) is 0 Å². The molecular weight excluding hydrogens is 356 g/mol. The highest BCUT2D eigenvalue weighted by molar-refractivity contribution is 9.09. The zero-order valence-corrected chi connectivity index (χ0v) is 16.6. The van der Waals surface area contributed by atoms with E-state index in [0.717, 1.165) is 24.6 Å². The van der Waals surface area contributed by atoms with Crippen molar-refractivity contribution in [2.75, 3.05) is 18.5 Å². The van der Waals surface area contributed by atoms with Gasteiger partial charge in [0, 0.05) is 5.33 Å². The average molecular weight is 391 g/mol. The molecule has 0 aliphatic heterocycles. The summed E-state index contributed by atoms with van der Waals surface area (Å²) in [6.45, 7) is 5.17. The molecule has 0 rings (SSSR count). The summed E-state index contributed by atoms with van der Waals surface area (Å²) in [6.07, 6.45) is 15.0. The average Bonchev–Trinajstić information content (AvgIpc) is 2.56. The number of esters is 1. The number of carbonyl (C=O) groups excluding carboxylic acids is 1. The van der Waals surface area contributed by atoms with Gasteiger partial charge in [-0.25, -0.2) is 4.79 Å². The molecule has 0 aromatic heterocycles. The maximum Gasteiger partial charge on any atom is 0.335 e. The van der Waals surface area contributed by atoms with Crippen molar-refractivity contribution in [3.05, 3.63) is 12.2 Å². The van der Waals surface area contributed by atoms with E-state index in [1.54, 1.807) is 0 Å². The van der Waals surface area contributed by atoms with E-state index in [1.807, 2.05) is 13.0 Å². The molecule has 4 heteroatoms. The van der Waals surface area contributed by atoms with Crippen molar-refractivity contribution in [2.24, 2.45) is 0 Å². The fourth-order valence-electron chi connectivity index (χ4n) is 2.21. The molecular formula is C19H35BrO3. The van der Waals surface area contributed by atoms with Gasteiger partial charge in [-0.1, -0.05) is 74.0 Å². The number of allylic oxidation sites excluding steroid dienone is 1. The molecule has 3 nitrogen and oxygen atoms in total. The second-order valence-corrected chi connectivity index (χ2v) is 6.61. The Labute approximate surface area is 151 Å². The highest BCUT2D eigenvalue weighted by Gasteiger charge is 2.17. The van der Waals surface area contributed by atoms with Crippen LogP contribution in [0.15, 0.2) is 12.2 Å². The van der Waals surface area contributed by atoms with Gasteiger partial charge in [0.25, 0.3) is 0 Å². The second kappa shape index (κ2) is 18.0. The fourth-order valence-corrected chi connectivity index (χ4v) is 2.61. The summed E-state index contributed by atoms with van der Waals surface area (Å²) in [6, 6.07) is 0. The molecule has 0 aromatic rings. The van der Waals surface area contributed by atoms with E-state index >= 15 is 0 Å². The molecule has 0 spiro atoms. The molecule has 0 aliphatic carbocycles. The lowest BCUT2D eigenvalue weighted by molar-refractivity contribution is -0.156. The van der Waals surface area contributed by atoms with E-state index in [-0.39, 0.29) is 5.97 Å². The van der Waals surface area contributed by atoms with E-state index in [0.29, 0.717) is 19.6 Å². The maximum absolute atomic E-state index is 11.9. The zero-order chi connectivity index (χ0) is 17.2. The summed E-state index contributed by atoms with van der Waals surface area (Å²) in [5, 5.41) is 1.05. The van der Waals surface area contributed by atoms with Crippen molar-refractivity contribution in [2.45, 2.75) is 84.2 Å². The van der Waals surface area contributed by atoms with Crippen LogP contribution in [0.1, 0.15) is 78.1 Å². The smallest absolute Gasteiger partial charge is 0.335 e. The number of carbonyl (C=O) groups is 1. The van der Waals surface area contributed by atoms with Crippen molar-refractivity contribution >= 4 is 21.9 Å². The number of hydrogen-bond acceptors (Lipinski definition) is 3. The molecule has 1 unspecified atom stereocenters. The van der Waals surface area contributed by atoms with Gasteiger partial charge in [0.15, 0.2) is 6.10 Å². The summed E-state index contributed by atoms with van der Waals surface area (Å²) in [5.74, 6) is -0.218. The molecule has 0 saturated carbocycles. The molecule has 23 heavy (non-hydrogen) atoms. The third kappa shape index (κ3) is 14.9. The normalized spacial score (nSPS) is 12.7. The first-order valence-corrected chi connectivity index (χ1v) is 10.4. The minimum atomic E-state index is -0.428. The SMILES string of the molecule is CCCCCC/C=C/COC(CC)C(=O)OCCCCCCBr. The Morgan fingerprint density at radius 1 is 1.00 bits per heavy atom. The summed E-state index contributed by atoms with van der Waals surface area (Å²) >= 11 is 3.41. The molecule has 0 heterocycles. The first-order chi connectivity index (χ1) is 11.3. The van der Waals surface area contributed by atoms with Gasteiger partial charge in [0.1, 0.15) is 0 Å². The van der Waals surface area contributed by atoms with Gasteiger partial charge in [0.2, 0.25) is 0 Å². The van der Waals surface area contributed by atoms with Crippen LogP contribution >= 0.6 is 15.9 Å². The lowest BCUT2D eigenvalue weighted by Gasteiger charge is -2.14. The first-order valence-electron chi connectivity index (χ1n) is 9.25. The van der Waals surface area contributed by atoms with E-state index in [2.05, 4.69) is 28.9 Å². The number of halogens is 1. The maximum atomic E-state index is 11.9. The first kappa shape index (κ1) is 22.6. The van der Waals surface area contributed by atoms with Crippen LogP contribution in [0.25, 0.3) is 0 Å². The molecule has 0 aromatic carbocycles. The highest BCUT2D eigenvalue weighted by atomic mass is 79.9. The van der Waals surface area contributed by atoms with E-state index < -0.39 is 6.10 Å². The Morgan fingerprint density at radius 3 is 2.43 bits per heavy atom. The Hall–Kier alpha value is -0.350. The van der Waals surface area contributed by atoms with Gasteiger partial charge in [-0.05, 0) is 32.1 Å². The Morgan fingerprint density at radius 2 is 1.74 bits per heavy atom. The summed E-state index contributed by atoms with van der Waals surface area (Å²) in [5.41, 5.74) is 0. The van der Waals surface area contributed by atoms with Crippen molar-refractivity contribution in [3.63, 3.8) is 0 Å². The quantitative estimate of drug-likeness (QED) is 0.144. The Balaban J connectivity index is 3.66. The van der Waals surface area contributed by atoms with Crippen LogP contribution in [0, 0.1) is 0 Å². The van der Waals surface area contributed by atoms with Gasteiger partial charge < -0.3 is 9.47 Å². The highest BCUT2D eigenvalue weighted by Crippen LogP contribution is 2.06. The van der Waals surface area contributed by atoms with E-state index in [4.69, 9.17) is 9.47 Å². The fraction of sp³-hybridized carbons (Fsp3) is 0.842. The second-order valence-electron chi connectivity index (χ2n) is 5.82. The van der Waals surface area contributed by atoms with Gasteiger partial charge in [-0.2, -0.15) is 0 Å². The van der Waals surface area contributed by atoms with Gasteiger partial charge in [-0.3, -0.25) is 0 Å². The number of unbranched alkanes of at least 4 members (excludes halogenated alkanes) is 7. The van der Waals surface area contributed by atoms with Crippen molar-refractivity contribution < 1.29 is 14.3 Å². The van der Waals surface area contributed by atoms with Crippen LogP contribution in [0.2, 0.25) is 0 Å². The predicted molar refractivity (Wildman–Crippen MR) is 101 cm³/mol. The van der Waals surface area contributed by atoms with Crippen LogP contribution in [0.3, 0.4) is 0 Å². The third-order valence-corrected chi connectivity index (χ3v) is 4.25. The van der Waals surface area contributed by atoms with Crippen LogP contribution in [-0.4, -0.2) is 30.6 Å². The van der Waals surface area contributed by atoms with Crippen LogP contribution in [0.4, 0.5) is 0 Å². The van der Waals surface area contributed by atoms with Crippen molar-refractivity contribution in [3.8, 4) is 0 Å². The Bertz CT molecular complexity index is 292. The predicted octanol–water partition coefficient (Wildman–Crippen LogP) is 5.81. The van der Waals surface area contributed by atoms with Gasteiger partial charge in [0.05, 0.1) is 13.2 Å². The van der Waals surface area contributed by atoms with Gasteiger partial charge >= 0.3 is 5.97 Å². The summed E-state index contributed by atoms with van der Waals surface area (Å²) in [7, 11) is 0. The van der Waals surface area contributed by atoms with Crippen LogP contribution in [0.5, 0.6) is 0 Å². The summed E-state index contributed by atoms with van der Waals surface area (Å²) in [4.78, 5) is 11.9. The molecule has 0 aliphatic rings. The summed E-state index contributed by atoms with van der Waals surface area (Å²) < 4.78 is 10.9. The molecule has 0 fully saturated rings. The Kier molecular flexibility index (Phi) is 17.7. The van der Waals surface area contributed by atoms with E-state index in [9.17, 15) is 4.79 Å². The topological polar surface area (TPSA) is 35.5 Å². The molecule has 0 bridgehead atoms. The molecule has 1 atom stereocenters. The number of hydrogen-bond donors (Lipinski definition) is 0. The number of alkyl halides is 1. The monoisotopic (exact) mass is 390 g/mol. The molecule has 136 valence electrons. The van der Waals surface area contributed by atoms with E-state index in [1.165, 1.54) is 38.5 Å². The molecule has 0 N–H and O–H groups in total. The molecule has 0 saturated heterocycles.